The van der Waals surface area contributed by atoms with Crippen molar-refractivity contribution in [2.75, 3.05) is 26.2 Å². The van der Waals surface area contributed by atoms with Crippen molar-refractivity contribution in [2.24, 2.45) is 5.41 Å². The van der Waals surface area contributed by atoms with E-state index in [2.05, 4.69) is 31.1 Å². The van der Waals surface area contributed by atoms with Gasteiger partial charge in [0.1, 0.15) is 18.9 Å². The van der Waals surface area contributed by atoms with Crippen LogP contribution in [-0.4, -0.2) is 63.7 Å². The third kappa shape index (κ3) is 5.45. The van der Waals surface area contributed by atoms with Gasteiger partial charge in [0.2, 0.25) is 11.8 Å². The molecule has 2 aromatic rings. The van der Waals surface area contributed by atoms with Crippen LogP contribution >= 0.6 is 0 Å². The Morgan fingerprint density at radius 1 is 1.12 bits per heavy atom. The molecule has 1 spiro atoms. The zero-order chi connectivity index (χ0) is 24.1. The van der Waals surface area contributed by atoms with Gasteiger partial charge in [-0.05, 0) is 70.1 Å². The molecule has 0 radical (unpaired) electrons. The first-order valence-corrected chi connectivity index (χ1v) is 12.7. The third-order valence-electron chi connectivity index (χ3n) is 7.38. The minimum atomic E-state index is -0.401. The lowest BCUT2D eigenvalue weighted by Gasteiger charge is -2.44. The first-order valence-electron chi connectivity index (χ1n) is 12.7. The number of fused-ring (bicyclic) bond motifs is 1. The van der Waals surface area contributed by atoms with Crippen molar-refractivity contribution in [3.8, 4) is 5.75 Å². The van der Waals surface area contributed by atoms with E-state index in [-0.39, 0.29) is 24.4 Å². The largest absolute Gasteiger partial charge is 0.491 e. The molecule has 1 aromatic carbocycles. The molecule has 184 valence electrons. The van der Waals surface area contributed by atoms with Crippen LogP contribution in [0.2, 0.25) is 0 Å². The first kappa shape index (κ1) is 24.3. The van der Waals surface area contributed by atoms with Crippen LogP contribution in [0, 0.1) is 12.3 Å². The Balaban J connectivity index is 1.47. The van der Waals surface area contributed by atoms with Gasteiger partial charge < -0.3 is 14.5 Å². The highest BCUT2D eigenvalue weighted by Gasteiger charge is 2.44. The topological polar surface area (TPSA) is 67.7 Å². The molecule has 2 aliphatic rings. The lowest BCUT2D eigenvalue weighted by molar-refractivity contribution is -0.151. The number of carbonyl (C=O) groups is 2. The van der Waals surface area contributed by atoms with Crippen molar-refractivity contribution in [3.05, 3.63) is 47.8 Å². The molecular formula is C27H38N4O3. The molecule has 0 N–H and O–H groups in total. The van der Waals surface area contributed by atoms with E-state index >= 15 is 0 Å². The molecule has 2 amide bonds. The number of aromatic nitrogens is 2. The number of hydrogen-bond acceptors (Lipinski definition) is 4. The van der Waals surface area contributed by atoms with Crippen molar-refractivity contribution in [1.82, 2.24) is 19.6 Å². The van der Waals surface area contributed by atoms with Crippen LogP contribution in [0.5, 0.6) is 5.75 Å². The Kier molecular flexibility index (Phi) is 7.59. The van der Waals surface area contributed by atoms with Crippen LogP contribution in [0.25, 0.3) is 0 Å². The van der Waals surface area contributed by atoms with Gasteiger partial charge in [-0.1, -0.05) is 24.6 Å². The number of amides is 2. The van der Waals surface area contributed by atoms with Crippen LogP contribution < -0.4 is 4.74 Å². The van der Waals surface area contributed by atoms with E-state index in [1.807, 2.05) is 35.1 Å². The van der Waals surface area contributed by atoms with Crippen molar-refractivity contribution in [3.63, 3.8) is 0 Å². The summed E-state index contributed by atoms with van der Waals surface area (Å²) >= 11 is 0. The van der Waals surface area contributed by atoms with Crippen molar-refractivity contribution in [1.29, 1.82) is 0 Å². The molecule has 3 heterocycles. The molecule has 1 aromatic heterocycles. The van der Waals surface area contributed by atoms with Gasteiger partial charge in [0, 0.05) is 25.3 Å². The Hall–Kier alpha value is -2.83. The highest BCUT2D eigenvalue weighted by atomic mass is 16.5. The molecule has 7 heteroatoms. The lowest BCUT2D eigenvalue weighted by atomic mass is 9.72. The smallest absolute Gasteiger partial charge is 0.244 e. The van der Waals surface area contributed by atoms with Crippen LogP contribution in [0.1, 0.15) is 57.1 Å². The average Bonchev–Trinajstić information content (AvgIpc) is 3.23. The Bertz CT molecular complexity index is 991. The monoisotopic (exact) mass is 466 g/mol. The van der Waals surface area contributed by atoms with E-state index < -0.39 is 5.41 Å². The maximum absolute atomic E-state index is 13.9. The maximum Gasteiger partial charge on any atom is 0.244 e. The highest BCUT2D eigenvalue weighted by Crippen LogP contribution is 2.40. The second-order valence-electron chi connectivity index (χ2n) is 10.1. The predicted octanol–water partition coefficient (Wildman–Crippen LogP) is 3.84. The van der Waals surface area contributed by atoms with Gasteiger partial charge >= 0.3 is 0 Å². The average molecular weight is 467 g/mol. The number of aryl methyl sites for hydroxylation is 2. The SMILES string of the molecule is Cc1cnn(CC(=O)N2CCC3(CCCCc4ccccc4OCCN(C(C)C)C3=O)CC2)c1. The van der Waals surface area contributed by atoms with Crippen LogP contribution in [-0.2, 0) is 22.6 Å². The van der Waals surface area contributed by atoms with Crippen molar-refractivity contribution >= 4 is 11.8 Å². The fraction of sp³-hybridized carbons (Fsp3) is 0.593. The fourth-order valence-corrected chi connectivity index (χ4v) is 5.33. The van der Waals surface area contributed by atoms with Crippen LogP contribution in [0.4, 0.5) is 0 Å². The number of rotatable bonds is 3. The molecule has 2 aliphatic heterocycles. The number of benzene rings is 1. The standard InChI is InChI=1S/C27H38N4O3/c1-21(2)31-16-17-34-24-10-5-4-8-23(24)9-6-7-11-27(26(31)33)12-14-29(15-13-27)25(32)20-30-19-22(3)18-28-30/h4-5,8,10,18-19,21H,6-7,9,11-17,20H2,1-3H3. The number of carbonyl (C=O) groups excluding carboxylic acids is 2. The number of piperidine rings is 1. The Labute approximate surface area is 203 Å². The van der Waals surface area contributed by atoms with Gasteiger partial charge in [-0.2, -0.15) is 5.10 Å². The zero-order valence-corrected chi connectivity index (χ0v) is 20.8. The normalized spacial score (nSPS) is 19.4. The van der Waals surface area contributed by atoms with Crippen LogP contribution in [0.15, 0.2) is 36.7 Å². The number of likely N-dealkylation sites (tertiary alicyclic amines) is 1. The van der Waals surface area contributed by atoms with E-state index in [0.717, 1.165) is 49.8 Å². The summed E-state index contributed by atoms with van der Waals surface area (Å²) in [6, 6.07) is 8.35. The maximum atomic E-state index is 13.9. The van der Waals surface area contributed by atoms with E-state index in [9.17, 15) is 9.59 Å². The number of nitrogens with zero attached hydrogens (tertiary/aromatic N) is 4. The molecule has 1 fully saturated rings. The summed E-state index contributed by atoms with van der Waals surface area (Å²) in [5.74, 6) is 1.24. The summed E-state index contributed by atoms with van der Waals surface area (Å²) in [6.45, 7) is 8.69. The zero-order valence-electron chi connectivity index (χ0n) is 20.8. The molecule has 34 heavy (non-hydrogen) atoms. The Morgan fingerprint density at radius 2 is 1.88 bits per heavy atom. The summed E-state index contributed by atoms with van der Waals surface area (Å²) in [7, 11) is 0. The summed E-state index contributed by atoms with van der Waals surface area (Å²) in [6.07, 6.45) is 8.95. The lowest BCUT2D eigenvalue weighted by Crippen LogP contribution is -2.54. The van der Waals surface area contributed by atoms with Crippen molar-refractivity contribution < 1.29 is 14.3 Å². The summed E-state index contributed by atoms with van der Waals surface area (Å²) in [5, 5.41) is 4.25. The molecule has 0 unspecified atom stereocenters. The van der Waals surface area contributed by atoms with E-state index in [1.165, 1.54) is 5.56 Å². The van der Waals surface area contributed by atoms with Gasteiger partial charge in [-0.25, -0.2) is 0 Å². The second-order valence-corrected chi connectivity index (χ2v) is 10.1. The summed E-state index contributed by atoms with van der Waals surface area (Å²) in [4.78, 5) is 30.7. The molecule has 0 aliphatic carbocycles. The third-order valence-corrected chi connectivity index (χ3v) is 7.38. The van der Waals surface area contributed by atoms with E-state index in [4.69, 9.17) is 4.74 Å². The molecule has 1 saturated heterocycles. The molecule has 0 atom stereocenters. The van der Waals surface area contributed by atoms with Gasteiger partial charge in [0.05, 0.1) is 18.2 Å². The van der Waals surface area contributed by atoms with Crippen molar-refractivity contribution in [2.45, 2.75) is 71.9 Å². The molecular weight excluding hydrogens is 428 g/mol. The van der Waals surface area contributed by atoms with E-state index in [1.54, 1.807) is 10.9 Å². The van der Waals surface area contributed by atoms with Crippen LogP contribution in [0.3, 0.4) is 0 Å². The molecule has 4 rings (SSSR count). The quantitative estimate of drug-likeness (QED) is 0.689. The number of para-hydroxylation sites is 1. The minimum absolute atomic E-state index is 0.0734. The predicted molar refractivity (Wildman–Crippen MR) is 132 cm³/mol. The number of hydrogen-bond donors (Lipinski definition) is 0. The molecule has 0 saturated carbocycles. The van der Waals surface area contributed by atoms with Gasteiger partial charge in [0.25, 0.3) is 0 Å². The van der Waals surface area contributed by atoms with E-state index in [0.29, 0.717) is 26.2 Å². The molecule has 0 bridgehead atoms. The fourth-order valence-electron chi connectivity index (χ4n) is 5.33. The summed E-state index contributed by atoms with van der Waals surface area (Å²) in [5.41, 5.74) is 1.89. The Morgan fingerprint density at radius 3 is 2.59 bits per heavy atom. The molecule has 7 nitrogen and oxygen atoms in total. The van der Waals surface area contributed by atoms with Gasteiger partial charge in [-0.3, -0.25) is 14.3 Å². The first-order chi connectivity index (χ1) is 16.4. The summed E-state index contributed by atoms with van der Waals surface area (Å²) < 4.78 is 7.81. The van der Waals surface area contributed by atoms with Gasteiger partial charge in [0.15, 0.2) is 0 Å². The van der Waals surface area contributed by atoms with Gasteiger partial charge in [-0.15, -0.1) is 0 Å². The second kappa shape index (κ2) is 10.6. The minimum Gasteiger partial charge on any atom is -0.491 e. The highest BCUT2D eigenvalue weighted by molar-refractivity contribution is 5.84. The number of ether oxygens (including phenoxy) is 1.